The summed E-state index contributed by atoms with van der Waals surface area (Å²) in [5.41, 5.74) is 2.28. The van der Waals surface area contributed by atoms with Gasteiger partial charge in [-0.1, -0.05) is 18.2 Å². The predicted molar refractivity (Wildman–Crippen MR) is 120 cm³/mol. The number of nitrogens with one attached hydrogen (secondary N) is 3. The van der Waals surface area contributed by atoms with E-state index in [1.807, 2.05) is 30.3 Å². The van der Waals surface area contributed by atoms with E-state index in [2.05, 4.69) is 20.9 Å². The number of benzene rings is 2. The average molecular weight is 441 g/mol. The van der Waals surface area contributed by atoms with Crippen molar-refractivity contribution in [2.24, 2.45) is 0 Å². The first-order chi connectivity index (χ1) is 13.2. The van der Waals surface area contributed by atoms with Crippen LogP contribution < -0.4 is 16.0 Å². The Bertz CT molecular complexity index is 754. The van der Waals surface area contributed by atoms with E-state index in [4.69, 9.17) is 4.74 Å². The largest absolute Gasteiger partial charge is 0.379 e. The van der Waals surface area contributed by atoms with Crippen LogP contribution in [0.15, 0.2) is 54.6 Å². The molecule has 1 fully saturated rings. The molecule has 29 heavy (non-hydrogen) atoms. The van der Waals surface area contributed by atoms with Crippen molar-refractivity contribution >= 4 is 53.7 Å². The zero-order chi connectivity index (χ0) is 18.9. The summed E-state index contributed by atoms with van der Waals surface area (Å²) < 4.78 is 5.27. The number of rotatable bonds is 7. The van der Waals surface area contributed by atoms with Crippen molar-refractivity contribution in [3.63, 3.8) is 0 Å². The van der Waals surface area contributed by atoms with Crippen molar-refractivity contribution in [2.45, 2.75) is 0 Å². The zero-order valence-electron chi connectivity index (χ0n) is 15.9. The highest BCUT2D eigenvalue weighted by Crippen LogP contribution is 2.14. The number of anilines is 3. The van der Waals surface area contributed by atoms with E-state index in [1.165, 1.54) is 0 Å². The summed E-state index contributed by atoms with van der Waals surface area (Å²) in [6, 6.07) is 16.6. The molecule has 0 saturated carbocycles. The molecule has 1 heterocycles. The van der Waals surface area contributed by atoms with E-state index < -0.39 is 0 Å². The van der Waals surface area contributed by atoms with Crippen molar-refractivity contribution in [1.29, 1.82) is 0 Å². The summed E-state index contributed by atoms with van der Waals surface area (Å²) in [5, 5.41) is 8.75. The summed E-state index contributed by atoms with van der Waals surface area (Å²) in [6.07, 6.45) is 0. The predicted octanol–water partition coefficient (Wildman–Crippen LogP) is 2.85. The maximum absolute atomic E-state index is 12.1. The molecule has 0 aliphatic carbocycles. The molecule has 1 saturated heterocycles. The van der Waals surface area contributed by atoms with Crippen LogP contribution in [-0.4, -0.2) is 56.1 Å². The summed E-state index contributed by atoms with van der Waals surface area (Å²) in [4.78, 5) is 26.2. The topological polar surface area (TPSA) is 82.7 Å². The quantitative estimate of drug-likeness (QED) is 0.616. The first kappa shape index (κ1) is 24.7. The lowest BCUT2D eigenvalue weighted by molar-refractivity contribution is -0.118. The van der Waals surface area contributed by atoms with Crippen LogP contribution in [0.5, 0.6) is 0 Å². The molecular formula is C20H26Cl2N4O3. The molecular weight excluding hydrogens is 415 g/mol. The molecule has 0 atom stereocenters. The van der Waals surface area contributed by atoms with E-state index in [1.54, 1.807) is 24.3 Å². The highest BCUT2D eigenvalue weighted by Gasteiger charge is 2.14. The second-order valence-corrected chi connectivity index (χ2v) is 6.28. The molecule has 7 nitrogen and oxygen atoms in total. The average Bonchev–Trinajstić information content (AvgIpc) is 2.69. The molecule has 158 valence electrons. The van der Waals surface area contributed by atoms with Gasteiger partial charge in [0.15, 0.2) is 0 Å². The number of carbonyl (C=O) groups is 2. The summed E-state index contributed by atoms with van der Waals surface area (Å²) >= 11 is 0. The molecule has 2 aromatic carbocycles. The minimum absolute atomic E-state index is 0. The number of amides is 2. The van der Waals surface area contributed by atoms with E-state index in [0.717, 1.165) is 18.8 Å². The van der Waals surface area contributed by atoms with Gasteiger partial charge in [0.2, 0.25) is 11.8 Å². The van der Waals surface area contributed by atoms with Crippen molar-refractivity contribution < 1.29 is 14.3 Å². The minimum atomic E-state index is -0.136. The van der Waals surface area contributed by atoms with Gasteiger partial charge in [-0.15, -0.1) is 24.8 Å². The molecule has 1 aliphatic heterocycles. The van der Waals surface area contributed by atoms with Crippen LogP contribution in [0.25, 0.3) is 0 Å². The van der Waals surface area contributed by atoms with Crippen molar-refractivity contribution in [3.8, 4) is 0 Å². The van der Waals surface area contributed by atoms with Gasteiger partial charge in [-0.25, -0.2) is 0 Å². The number of hydrogen-bond acceptors (Lipinski definition) is 5. The number of hydrogen-bond donors (Lipinski definition) is 3. The summed E-state index contributed by atoms with van der Waals surface area (Å²) in [7, 11) is 0. The summed E-state index contributed by atoms with van der Waals surface area (Å²) in [6.45, 7) is 3.42. The Kier molecular flexibility index (Phi) is 11.1. The van der Waals surface area contributed by atoms with Crippen LogP contribution in [0.4, 0.5) is 17.1 Å². The van der Waals surface area contributed by atoms with Gasteiger partial charge in [-0.05, 0) is 36.4 Å². The SMILES string of the molecule is Cl.Cl.O=C(CNc1ccccc1)Nc1ccc(NC(=O)CN2CCOCC2)cc1. The maximum atomic E-state index is 12.1. The Labute approximate surface area is 183 Å². The van der Waals surface area contributed by atoms with Gasteiger partial charge in [0.05, 0.1) is 26.3 Å². The van der Waals surface area contributed by atoms with E-state index >= 15 is 0 Å². The fourth-order valence-corrected chi connectivity index (χ4v) is 2.74. The zero-order valence-corrected chi connectivity index (χ0v) is 17.6. The Hall–Kier alpha value is -2.32. The van der Waals surface area contributed by atoms with E-state index in [-0.39, 0.29) is 43.2 Å². The van der Waals surface area contributed by atoms with Gasteiger partial charge in [0, 0.05) is 30.2 Å². The Morgan fingerprint density at radius 2 is 1.34 bits per heavy atom. The Morgan fingerprint density at radius 1 is 0.793 bits per heavy atom. The van der Waals surface area contributed by atoms with Crippen molar-refractivity contribution in [2.75, 3.05) is 55.3 Å². The third-order valence-corrected chi connectivity index (χ3v) is 4.15. The molecule has 0 bridgehead atoms. The van der Waals surface area contributed by atoms with Gasteiger partial charge in [0.1, 0.15) is 0 Å². The van der Waals surface area contributed by atoms with Gasteiger partial charge >= 0.3 is 0 Å². The molecule has 9 heteroatoms. The summed E-state index contributed by atoms with van der Waals surface area (Å²) in [5.74, 6) is -0.191. The molecule has 0 radical (unpaired) electrons. The number of morpholine rings is 1. The van der Waals surface area contributed by atoms with Crippen LogP contribution in [0, 0.1) is 0 Å². The van der Waals surface area contributed by atoms with Crippen LogP contribution in [0.3, 0.4) is 0 Å². The number of ether oxygens (including phenoxy) is 1. The van der Waals surface area contributed by atoms with E-state index in [9.17, 15) is 9.59 Å². The van der Waals surface area contributed by atoms with Gasteiger partial charge in [0.25, 0.3) is 0 Å². The van der Waals surface area contributed by atoms with Crippen LogP contribution in [-0.2, 0) is 14.3 Å². The molecule has 1 aliphatic rings. The number of nitrogens with zero attached hydrogens (tertiary/aromatic N) is 1. The molecule has 0 unspecified atom stereocenters. The van der Waals surface area contributed by atoms with Gasteiger partial charge < -0.3 is 20.7 Å². The fourth-order valence-electron chi connectivity index (χ4n) is 2.74. The number of para-hydroxylation sites is 1. The van der Waals surface area contributed by atoms with E-state index in [0.29, 0.717) is 31.1 Å². The maximum Gasteiger partial charge on any atom is 0.243 e. The number of halogens is 2. The molecule has 3 N–H and O–H groups in total. The third kappa shape index (κ3) is 8.70. The first-order valence-electron chi connectivity index (χ1n) is 8.98. The lowest BCUT2D eigenvalue weighted by Gasteiger charge is -2.25. The molecule has 3 rings (SSSR count). The van der Waals surface area contributed by atoms with Gasteiger partial charge in [-0.3, -0.25) is 14.5 Å². The highest BCUT2D eigenvalue weighted by atomic mass is 35.5. The molecule has 0 aromatic heterocycles. The standard InChI is InChI=1S/C20H24N4O3.2ClH/c25-19(14-21-16-4-2-1-3-5-16)22-17-6-8-18(9-7-17)23-20(26)15-24-10-12-27-13-11-24;;/h1-9,21H,10-15H2,(H,22,25)(H,23,26);2*1H. The molecule has 2 aromatic rings. The monoisotopic (exact) mass is 440 g/mol. The normalized spacial score (nSPS) is 13.4. The lowest BCUT2D eigenvalue weighted by Crippen LogP contribution is -2.41. The van der Waals surface area contributed by atoms with Gasteiger partial charge in [-0.2, -0.15) is 0 Å². The Balaban J connectivity index is 0.00000210. The molecule has 0 spiro atoms. The van der Waals surface area contributed by atoms with Crippen LogP contribution >= 0.6 is 24.8 Å². The number of carbonyl (C=O) groups excluding carboxylic acids is 2. The Morgan fingerprint density at radius 3 is 1.93 bits per heavy atom. The highest BCUT2D eigenvalue weighted by molar-refractivity contribution is 5.95. The third-order valence-electron chi connectivity index (χ3n) is 4.15. The molecule has 2 amide bonds. The fraction of sp³-hybridized carbons (Fsp3) is 0.300. The van der Waals surface area contributed by atoms with Crippen molar-refractivity contribution in [3.05, 3.63) is 54.6 Å². The second-order valence-electron chi connectivity index (χ2n) is 6.28. The smallest absolute Gasteiger partial charge is 0.243 e. The second kappa shape index (κ2) is 13.0. The van der Waals surface area contributed by atoms with Crippen molar-refractivity contribution in [1.82, 2.24) is 4.90 Å². The van der Waals surface area contributed by atoms with Crippen LogP contribution in [0.2, 0.25) is 0 Å². The lowest BCUT2D eigenvalue weighted by atomic mass is 10.2. The minimum Gasteiger partial charge on any atom is -0.379 e. The first-order valence-corrected chi connectivity index (χ1v) is 8.98. The van der Waals surface area contributed by atoms with Crippen LogP contribution in [0.1, 0.15) is 0 Å².